The van der Waals surface area contributed by atoms with Crippen LogP contribution in [0.5, 0.6) is 0 Å². The van der Waals surface area contributed by atoms with Crippen LogP contribution < -0.4 is 0 Å². The van der Waals surface area contributed by atoms with Crippen molar-refractivity contribution in [3.63, 3.8) is 0 Å². The van der Waals surface area contributed by atoms with Crippen LogP contribution >= 0.6 is 11.8 Å². The van der Waals surface area contributed by atoms with E-state index in [1.807, 2.05) is 27.0 Å². The Balaban J connectivity index is 1.87. The number of pyridine rings is 1. The van der Waals surface area contributed by atoms with Gasteiger partial charge in [-0.15, -0.1) is 11.8 Å². The van der Waals surface area contributed by atoms with Gasteiger partial charge < -0.3 is 18.9 Å². The molecule has 1 amide bonds. The third-order valence-electron chi connectivity index (χ3n) is 5.15. The van der Waals surface area contributed by atoms with Crippen LogP contribution in [0, 0.1) is 0 Å². The maximum Gasteiger partial charge on any atom is 0.410 e. The van der Waals surface area contributed by atoms with Gasteiger partial charge in [0.05, 0.1) is 11.6 Å². The fourth-order valence-electron chi connectivity index (χ4n) is 3.56. The molecule has 0 aliphatic carbocycles. The summed E-state index contributed by atoms with van der Waals surface area (Å²) >= 11 is 1.64. The summed E-state index contributed by atoms with van der Waals surface area (Å²) in [4.78, 5) is 19.3. The number of ether oxygens (including phenoxy) is 2. The second kappa shape index (κ2) is 8.92. The van der Waals surface area contributed by atoms with Crippen molar-refractivity contribution in [3.05, 3.63) is 23.4 Å². The summed E-state index contributed by atoms with van der Waals surface area (Å²) in [5, 5.41) is 2.09. The van der Waals surface area contributed by atoms with E-state index in [0.717, 1.165) is 40.7 Å². The molecule has 0 fully saturated rings. The number of nitrogens with zero attached hydrogens (tertiary/aromatic N) is 3. The van der Waals surface area contributed by atoms with Gasteiger partial charge in [-0.3, -0.25) is 0 Å². The number of aromatic nitrogens is 2. The standard InChI is InChI=1S/C22H35N3O3SSi/c1-22(2,3)28-21(26)24-11-10-18-17(14-24)16-8-9-19(29-4)23-20(16)25(18)15-27-12-13-30(5,6)7/h8-9H,10-15H2,1-7H3. The number of carbonyl (C=O) groups is 1. The van der Waals surface area contributed by atoms with E-state index in [9.17, 15) is 4.79 Å². The molecule has 0 saturated carbocycles. The number of carbonyl (C=O) groups excluding carboxylic acids is 1. The molecule has 0 saturated heterocycles. The Morgan fingerprint density at radius 2 is 2.00 bits per heavy atom. The first-order chi connectivity index (χ1) is 14.0. The first-order valence-corrected chi connectivity index (χ1v) is 15.5. The molecule has 0 N–H and O–H groups in total. The highest BCUT2D eigenvalue weighted by atomic mass is 32.2. The number of fused-ring (bicyclic) bond motifs is 3. The summed E-state index contributed by atoms with van der Waals surface area (Å²) in [7, 11) is -1.13. The van der Waals surface area contributed by atoms with E-state index >= 15 is 0 Å². The van der Waals surface area contributed by atoms with Crippen molar-refractivity contribution in [2.45, 2.75) is 76.8 Å². The van der Waals surface area contributed by atoms with Crippen molar-refractivity contribution < 1.29 is 14.3 Å². The predicted molar refractivity (Wildman–Crippen MR) is 126 cm³/mol. The lowest BCUT2D eigenvalue weighted by Crippen LogP contribution is -2.40. The summed E-state index contributed by atoms with van der Waals surface area (Å²) in [6.07, 6.45) is 2.56. The second-order valence-corrected chi connectivity index (χ2v) is 16.5. The van der Waals surface area contributed by atoms with Gasteiger partial charge in [-0.1, -0.05) is 19.6 Å². The Labute approximate surface area is 185 Å². The van der Waals surface area contributed by atoms with Crippen molar-refractivity contribution in [2.24, 2.45) is 0 Å². The molecule has 0 bridgehead atoms. The van der Waals surface area contributed by atoms with Gasteiger partial charge in [0.25, 0.3) is 0 Å². The number of rotatable bonds is 6. The van der Waals surface area contributed by atoms with E-state index in [-0.39, 0.29) is 6.09 Å². The molecular formula is C22H35N3O3SSi. The minimum Gasteiger partial charge on any atom is -0.444 e. The van der Waals surface area contributed by atoms with Crippen LogP contribution in [0.15, 0.2) is 17.2 Å². The van der Waals surface area contributed by atoms with Gasteiger partial charge in [0.2, 0.25) is 0 Å². The smallest absolute Gasteiger partial charge is 0.410 e. The lowest BCUT2D eigenvalue weighted by molar-refractivity contribution is 0.0220. The van der Waals surface area contributed by atoms with Gasteiger partial charge in [-0.25, -0.2) is 9.78 Å². The maximum atomic E-state index is 12.6. The highest BCUT2D eigenvalue weighted by Crippen LogP contribution is 2.32. The SMILES string of the molecule is CSc1ccc2c3c(n(COCC[Si](C)(C)C)c2n1)CCN(C(=O)OC(C)(C)C)C3. The molecule has 0 radical (unpaired) electrons. The van der Waals surface area contributed by atoms with Crippen LogP contribution in [0.4, 0.5) is 4.79 Å². The zero-order chi connectivity index (χ0) is 22.1. The molecule has 3 rings (SSSR count). The molecule has 2 aromatic heterocycles. The molecule has 0 spiro atoms. The van der Waals surface area contributed by atoms with Gasteiger partial charge in [-0.2, -0.15) is 0 Å². The molecule has 1 aliphatic heterocycles. The molecule has 0 aromatic carbocycles. The van der Waals surface area contributed by atoms with Gasteiger partial charge in [0.1, 0.15) is 18.0 Å². The normalized spacial score (nSPS) is 14.8. The highest BCUT2D eigenvalue weighted by Gasteiger charge is 2.30. The maximum absolute atomic E-state index is 12.6. The Hall–Kier alpha value is -1.51. The molecule has 3 heterocycles. The van der Waals surface area contributed by atoms with Crippen molar-refractivity contribution in [1.29, 1.82) is 0 Å². The van der Waals surface area contributed by atoms with Crippen LogP contribution in [0.2, 0.25) is 25.7 Å². The summed E-state index contributed by atoms with van der Waals surface area (Å²) in [6, 6.07) is 5.32. The Kier molecular flexibility index (Phi) is 6.89. The third-order valence-corrected chi connectivity index (χ3v) is 7.50. The fraction of sp³-hybridized carbons (Fsp3) is 0.636. The van der Waals surface area contributed by atoms with Gasteiger partial charge in [0, 0.05) is 44.3 Å². The topological polar surface area (TPSA) is 56.6 Å². The van der Waals surface area contributed by atoms with E-state index < -0.39 is 13.7 Å². The molecule has 1 aliphatic rings. The van der Waals surface area contributed by atoms with Crippen LogP contribution in [0.25, 0.3) is 11.0 Å². The summed E-state index contributed by atoms with van der Waals surface area (Å²) in [5.74, 6) is 0. The lowest BCUT2D eigenvalue weighted by atomic mass is 10.1. The molecular weight excluding hydrogens is 414 g/mol. The van der Waals surface area contributed by atoms with Crippen molar-refractivity contribution >= 4 is 37.0 Å². The van der Waals surface area contributed by atoms with E-state index in [1.54, 1.807) is 16.7 Å². The van der Waals surface area contributed by atoms with E-state index in [0.29, 0.717) is 19.8 Å². The van der Waals surface area contributed by atoms with Gasteiger partial charge in [-0.05, 0) is 45.2 Å². The molecule has 0 unspecified atom stereocenters. The highest BCUT2D eigenvalue weighted by molar-refractivity contribution is 7.98. The zero-order valence-electron chi connectivity index (χ0n) is 19.4. The van der Waals surface area contributed by atoms with E-state index in [2.05, 4.69) is 36.3 Å². The monoisotopic (exact) mass is 449 g/mol. The molecule has 166 valence electrons. The summed E-state index contributed by atoms with van der Waals surface area (Å²) < 4.78 is 13.9. The third kappa shape index (κ3) is 5.59. The fourth-order valence-corrected chi connectivity index (χ4v) is 4.70. The second-order valence-electron chi connectivity index (χ2n) is 10.1. The van der Waals surface area contributed by atoms with Crippen molar-refractivity contribution in [1.82, 2.24) is 14.5 Å². The predicted octanol–water partition coefficient (Wildman–Crippen LogP) is 5.36. The first-order valence-electron chi connectivity index (χ1n) is 10.6. The van der Waals surface area contributed by atoms with Crippen LogP contribution in [0.3, 0.4) is 0 Å². The van der Waals surface area contributed by atoms with Gasteiger partial charge >= 0.3 is 6.09 Å². The quantitative estimate of drug-likeness (QED) is 0.337. The zero-order valence-corrected chi connectivity index (χ0v) is 21.2. The van der Waals surface area contributed by atoms with Crippen molar-refractivity contribution in [2.75, 3.05) is 19.4 Å². The van der Waals surface area contributed by atoms with Gasteiger partial charge in [0.15, 0.2) is 0 Å². The van der Waals surface area contributed by atoms with Crippen LogP contribution in [-0.4, -0.2) is 53.6 Å². The average Bonchev–Trinajstić information content (AvgIpc) is 2.95. The summed E-state index contributed by atoms with van der Waals surface area (Å²) in [5.41, 5.74) is 2.84. The van der Waals surface area contributed by atoms with Crippen LogP contribution in [0.1, 0.15) is 32.0 Å². The molecule has 6 nitrogen and oxygen atoms in total. The number of hydrogen-bond donors (Lipinski definition) is 0. The Morgan fingerprint density at radius 3 is 2.63 bits per heavy atom. The van der Waals surface area contributed by atoms with E-state index in [1.165, 1.54) is 5.69 Å². The minimum absolute atomic E-state index is 0.255. The lowest BCUT2D eigenvalue weighted by Gasteiger charge is -2.30. The minimum atomic E-state index is -1.13. The number of amides is 1. The molecule has 0 atom stereocenters. The molecule has 2 aromatic rings. The number of thioether (sulfide) groups is 1. The Bertz CT molecular complexity index is 915. The van der Waals surface area contributed by atoms with Crippen molar-refractivity contribution in [3.8, 4) is 0 Å². The van der Waals surface area contributed by atoms with Crippen LogP contribution in [-0.2, 0) is 29.2 Å². The molecule has 30 heavy (non-hydrogen) atoms. The first kappa shape index (κ1) is 23.2. The summed E-state index contributed by atoms with van der Waals surface area (Å²) in [6.45, 7) is 15.3. The Morgan fingerprint density at radius 1 is 1.27 bits per heavy atom. The van der Waals surface area contributed by atoms with E-state index in [4.69, 9.17) is 14.5 Å². The average molecular weight is 450 g/mol. The largest absolute Gasteiger partial charge is 0.444 e. The number of hydrogen-bond acceptors (Lipinski definition) is 5. The molecule has 8 heteroatoms.